The molecule has 1 N–H and O–H groups in total. The van der Waals surface area contributed by atoms with Gasteiger partial charge in [-0.2, -0.15) is 0 Å². The minimum Gasteiger partial charge on any atom is -0.314 e. The first-order valence-electron chi connectivity index (χ1n) is 8.76. The lowest BCUT2D eigenvalue weighted by atomic mass is 9.68. The molecule has 0 aromatic carbocycles. The molecule has 1 aliphatic rings. The van der Waals surface area contributed by atoms with E-state index in [2.05, 4.69) is 50.5 Å². The second kappa shape index (κ2) is 7.78. The van der Waals surface area contributed by atoms with Crippen molar-refractivity contribution in [2.75, 3.05) is 6.54 Å². The summed E-state index contributed by atoms with van der Waals surface area (Å²) in [4.78, 5) is 1.54. The fourth-order valence-electron chi connectivity index (χ4n) is 3.91. The van der Waals surface area contributed by atoms with Gasteiger partial charge in [0, 0.05) is 10.9 Å². The van der Waals surface area contributed by atoms with Crippen LogP contribution in [0.15, 0.2) is 17.5 Å². The Morgan fingerprint density at radius 1 is 1.24 bits per heavy atom. The van der Waals surface area contributed by atoms with Crippen LogP contribution in [0, 0.1) is 17.3 Å². The van der Waals surface area contributed by atoms with Crippen molar-refractivity contribution in [2.45, 2.75) is 72.3 Å². The zero-order chi connectivity index (χ0) is 15.3. The van der Waals surface area contributed by atoms with Crippen LogP contribution in [0.1, 0.15) is 64.7 Å². The standard InChI is InChI=1S/C19H33NS/c1-5-20-18(13-12-17-7-6-14-21-17)15-8-10-16(11-9-15)19(2,3)4/h6-7,14-16,18,20H,5,8-13H2,1-4H3. The highest BCUT2D eigenvalue weighted by Crippen LogP contribution is 2.41. The highest BCUT2D eigenvalue weighted by Gasteiger charge is 2.32. The monoisotopic (exact) mass is 307 g/mol. The lowest BCUT2D eigenvalue weighted by Gasteiger charge is -2.39. The molecule has 2 rings (SSSR count). The molecule has 1 nitrogen and oxygen atoms in total. The van der Waals surface area contributed by atoms with Crippen LogP contribution in [-0.2, 0) is 6.42 Å². The van der Waals surface area contributed by atoms with Crippen molar-refractivity contribution in [3.8, 4) is 0 Å². The van der Waals surface area contributed by atoms with Crippen molar-refractivity contribution in [1.29, 1.82) is 0 Å². The number of hydrogen-bond acceptors (Lipinski definition) is 2. The van der Waals surface area contributed by atoms with Gasteiger partial charge < -0.3 is 5.32 Å². The molecule has 21 heavy (non-hydrogen) atoms. The Kier molecular flexibility index (Phi) is 6.31. The predicted molar refractivity (Wildman–Crippen MR) is 95.0 cm³/mol. The third-order valence-corrected chi connectivity index (χ3v) is 6.25. The Bertz CT molecular complexity index is 382. The van der Waals surface area contributed by atoms with Crippen LogP contribution in [0.2, 0.25) is 0 Å². The molecule has 120 valence electrons. The van der Waals surface area contributed by atoms with E-state index < -0.39 is 0 Å². The summed E-state index contributed by atoms with van der Waals surface area (Å²) in [5.41, 5.74) is 0.496. The third kappa shape index (κ3) is 5.10. The van der Waals surface area contributed by atoms with Gasteiger partial charge >= 0.3 is 0 Å². The number of aryl methyl sites for hydroxylation is 1. The van der Waals surface area contributed by atoms with Crippen LogP contribution in [0.3, 0.4) is 0 Å². The second-order valence-corrected chi connectivity index (χ2v) is 8.79. The molecular formula is C19H33NS. The van der Waals surface area contributed by atoms with Gasteiger partial charge in [0.05, 0.1) is 0 Å². The van der Waals surface area contributed by atoms with Gasteiger partial charge in [-0.3, -0.25) is 0 Å². The van der Waals surface area contributed by atoms with Crippen LogP contribution in [0.5, 0.6) is 0 Å². The van der Waals surface area contributed by atoms with Crippen molar-refractivity contribution in [2.24, 2.45) is 17.3 Å². The summed E-state index contributed by atoms with van der Waals surface area (Å²) in [6.45, 7) is 10.6. The van der Waals surface area contributed by atoms with Crippen LogP contribution >= 0.6 is 11.3 Å². The topological polar surface area (TPSA) is 12.0 Å². The zero-order valence-corrected chi connectivity index (χ0v) is 15.1. The Labute approximate surface area is 135 Å². The maximum atomic E-state index is 3.77. The molecule has 1 aromatic rings. The minimum atomic E-state index is 0.496. The number of nitrogens with one attached hydrogen (secondary N) is 1. The lowest BCUT2D eigenvalue weighted by molar-refractivity contribution is 0.131. The predicted octanol–water partition coefficient (Wildman–Crippen LogP) is 5.51. The van der Waals surface area contributed by atoms with E-state index in [1.165, 1.54) is 38.5 Å². The maximum Gasteiger partial charge on any atom is 0.00986 e. The van der Waals surface area contributed by atoms with E-state index in [0.717, 1.165) is 24.4 Å². The average molecular weight is 308 g/mol. The second-order valence-electron chi connectivity index (χ2n) is 7.76. The van der Waals surface area contributed by atoms with E-state index in [4.69, 9.17) is 0 Å². The summed E-state index contributed by atoms with van der Waals surface area (Å²) in [6, 6.07) is 5.18. The molecule has 0 bridgehead atoms. The van der Waals surface area contributed by atoms with E-state index in [-0.39, 0.29) is 0 Å². The number of rotatable bonds is 6. The van der Waals surface area contributed by atoms with Crippen molar-refractivity contribution in [3.05, 3.63) is 22.4 Å². The summed E-state index contributed by atoms with van der Waals surface area (Å²) in [5, 5.41) is 5.97. The van der Waals surface area contributed by atoms with Gasteiger partial charge in [0.1, 0.15) is 0 Å². The van der Waals surface area contributed by atoms with Crippen LogP contribution in [0.25, 0.3) is 0 Å². The van der Waals surface area contributed by atoms with Gasteiger partial charge in [-0.15, -0.1) is 11.3 Å². The maximum absolute atomic E-state index is 3.77. The van der Waals surface area contributed by atoms with Crippen LogP contribution in [0.4, 0.5) is 0 Å². The van der Waals surface area contributed by atoms with Crippen molar-refractivity contribution in [3.63, 3.8) is 0 Å². The van der Waals surface area contributed by atoms with Crippen molar-refractivity contribution in [1.82, 2.24) is 5.32 Å². The smallest absolute Gasteiger partial charge is 0.00986 e. The summed E-state index contributed by atoms with van der Waals surface area (Å²) < 4.78 is 0. The van der Waals surface area contributed by atoms with Crippen LogP contribution in [-0.4, -0.2) is 12.6 Å². The molecule has 1 atom stereocenters. The van der Waals surface area contributed by atoms with E-state index >= 15 is 0 Å². The highest BCUT2D eigenvalue weighted by molar-refractivity contribution is 7.09. The summed E-state index contributed by atoms with van der Waals surface area (Å²) in [5.74, 6) is 1.82. The molecule has 1 aliphatic carbocycles. The Hall–Kier alpha value is -0.340. The van der Waals surface area contributed by atoms with Gasteiger partial charge in [-0.05, 0) is 73.8 Å². The van der Waals surface area contributed by atoms with Gasteiger partial charge in [0.15, 0.2) is 0 Å². The number of hydrogen-bond donors (Lipinski definition) is 1. The van der Waals surface area contributed by atoms with Gasteiger partial charge in [0.2, 0.25) is 0 Å². The van der Waals surface area contributed by atoms with Gasteiger partial charge in [-0.1, -0.05) is 33.8 Å². The summed E-state index contributed by atoms with van der Waals surface area (Å²) in [7, 11) is 0. The SMILES string of the molecule is CCNC(CCc1cccs1)C1CCC(C(C)(C)C)CC1. The Morgan fingerprint density at radius 3 is 2.48 bits per heavy atom. The molecule has 2 heteroatoms. The first kappa shape index (κ1) is 17.0. The molecule has 1 aromatic heterocycles. The fraction of sp³-hybridized carbons (Fsp3) is 0.789. The third-order valence-electron chi connectivity index (χ3n) is 5.31. The molecule has 0 amide bonds. The van der Waals surface area contributed by atoms with E-state index in [0.29, 0.717) is 5.41 Å². The first-order chi connectivity index (χ1) is 10.0. The summed E-state index contributed by atoms with van der Waals surface area (Å²) in [6.07, 6.45) is 8.24. The van der Waals surface area contributed by atoms with Gasteiger partial charge in [-0.25, -0.2) is 0 Å². The first-order valence-corrected chi connectivity index (χ1v) is 9.64. The molecule has 0 radical (unpaired) electrons. The zero-order valence-electron chi connectivity index (χ0n) is 14.3. The molecule has 0 saturated heterocycles. The minimum absolute atomic E-state index is 0.496. The van der Waals surface area contributed by atoms with Gasteiger partial charge in [0.25, 0.3) is 0 Å². The molecule has 0 aliphatic heterocycles. The molecule has 1 saturated carbocycles. The molecule has 0 spiro atoms. The van der Waals surface area contributed by atoms with E-state index in [1.54, 1.807) is 4.88 Å². The highest BCUT2D eigenvalue weighted by atomic mass is 32.1. The Balaban J connectivity index is 1.84. The largest absolute Gasteiger partial charge is 0.314 e. The summed E-state index contributed by atoms with van der Waals surface area (Å²) >= 11 is 1.91. The molecular weight excluding hydrogens is 274 g/mol. The fourth-order valence-corrected chi connectivity index (χ4v) is 4.63. The van der Waals surface area contributed by atoms with Crippen molar-refractivity contribution >= 4 is 11.3 Å². The molecule has 1 heterocycles. The lowest BCUT2D eigenvalue weighted by Crippen LogP contribution is -2.39. The van der Waals surface area contributed by atoms with E-state index in [1.807, 2.05) is 11.3 Å². The Morgan fingerprint density at radius 2 is 1.95 bits per heavy atom. The number of thiophene rings is 1. The van der Waals surface area contributed by atoms with E-state index in [9.17, 15) is 0 Å². The normalized spacial score (nSPS) is 25.0. The van der Waals surface area contributed by atoms with Crippen LogP contribution < -0.4 is 5.32 Å². The average Bonchev–Trinajstić information content (AvgIpc) is 2.96. The quantitative estimate of drug-likeness (QED) is 0.730. The molecule has 1 fully saturated rings. The molecule has 1 unspecified atom stereocenters. The van der Waals surface area contributed by atoms with Crippen molar-refractivity contribution < 1.29 is 0 Å².